The normalized spacial score (nSPS) is 12.4. The molecular formula is C18H26Br2N2O6. The highest BCUT2D eigenvalue weighted by molar-refractivity contribution is 9.13. The van der Waals surface area contributed by atoms with Crippen LogP contribution < -0.4 is 5.32 Å². The minimum atomic E-state index is -1.33. The van der Waals surface area contributed by atoms with Crippen molar-refractivity contribution in [3.05, 3.63) is 20.3 Å². The maximum Gasteiger partial charge on any atom is 0.341 e. The largest absolute Gasteiger partial charge is 0.464 e. The number of nitrogens with one attached hydrogen (secondary N) is 1. The van der Waals surface area contributed by atoms with Crippen LogP contribution in [0.25, 0.3) is 0 Å². The quantitative estimate of drug-likeness (QED) is 0.316. The first kappa shape index (κ1) is 24.6. The van der Waals surface area contributed by atoms with Crippen molar-refractivity contribution >= 4 is 49.8 Å². The van der Waals surface area contributed by atoms with Gasteiger partial charge >= 0.3 is 17.9 Å². The number of carbonyl (C=O) groups is 3. The molecule has 0 amide bonds. The molecular weight excluding hydrogens is 500 g/mol. The van der Waals surface area contributed by atoms with Crippen molar-refractivity contribution in [3.63, 3.8) is 0 Å². The van der Waals surface area contributed by atoms with Crippen LogP contribution in [0.5, 0.6) is 0 Å². The van der Waals surface area contributed by atoms with Crippen molar-refractivity contribution in [3.8, 4) is 0 Å². The van der Waals surface area contributed by atoms with Gasteiger partial charge in [0.25, 0.3) is 0 Å². The smallest absolute Gasteiger partial charge is 0.341 e. The average molecular weight is 526 g/mol. The molecule has 1 aromatic heterocycles. The maximum atomic E-state index is 12.5. The molecule has 0 bridgehead atoms. The summed E-state index contributed by atoms with van der Waals surface area (Å²) >= 11 is 6.77. The van der Waals surface area contributed by atoms with E-state index in [1.807, 2.05) is 0 Å². The Morgan fingerprint density at radius 2 is 1.64 bits per heavy atom. The van der Waals surface area contributed by atoms with Gasteiger partial charge in [0.15, 0.2) is 0 Å². The summed E-state index contributed by atoms with van der Waals surface area (Å²) in [5.41, 5.74) is 0.0574. The van der Waals surface area contributed by atoms with Crippen LogP contribution in [0.2, 0.25) is 0 Å². The van der Waals surface area contributed by atoms with Gasteiger partial charge in [0.1, 0.15) is 5.60 Å². The molecule has 0 aliphatic carbocycles. The highest BCUT2D eigenvalue weighted by atomic mass is 79.9. The van der Waals surface area contributed by atoms with Crippen molar-refractivity contribution < 1.29 is 28.6 Å². The molecule has 0 radical (unpaired) electrons. The summed E-state index contributed by atoms with van der Waals surface area (Å²) in [4.78, 5) is 37.1. The first-order valence-corrected chi connectivity index (χ1v) is 10.4. The molecule has 1 rings (SSSR count). The van der Waals surface area contributed by atoms with Crippen LogP contribution in [0, 0.1) is 0 Å². The summed E-state index contributed by atoms with van der Waals surface area (Å²) in [7, 11) is 1.74. The Morgan fingerprint density at radius 1 is 1.07 bits per heavy atom. The van der Waals surface area contributed by atoms with E-state index in [1.165, 1.54) is 0 Å². The van der Waals surface area contributed by atoms with E-state index in [2.05, 4.69) is 37.2 Å². The van der Waals surface area contributed by atoms with Crippen LogP contribution in [0.1, 0.15) is 50.7 Å². The van der Waals surface area contributed by atoms with Gasteiger partial charge in [-0.15, -0.1) is 0 Å². The van der Waals surface area contributed by atoms with E-state index < -0.39 is 29.6 Å². The molecule has 0 saturated heterocycles. The summed E-state index contributed by atoms with van der Waals surface area (Å²) < 4.78 is 18.3. The molecule has 8 nitrogen and oxygen atoms in total. The third kappa shape index (κ3) is 6.31. The van der Waals surface area contributed by atoms with Crippen molar-refractivity contribution in [2.24, 2.45) is 7.05 Å². The fourth-order valence-electron chi connectivity index (χ4n) is 2.33. The highest BCUT2D eigenvalue weighted by Gasteiger charge is 2.33. The van der Waals surface area contributed by atoms with Gasteiger partial charge in [-0.25, -0.2) is 14.4 Å². The molecule has 0 aromatic carbocycles. The number of ether oxygens (including phenoxy) is 3. The Hall–Kier alpha value is -1.39. The number of hydrogen-bond acceptors (Lipinski definition) is 7. The van der Waals surface area contributed by atoms with E-state index in [0.29, 0.717) is 20.3 Å². The van der Waals surface area contributed by atoms with E-state index in [-0.39, 0.29) is 19.8 Å². The number of esters is 3. The second kappa shape index (κ2) is 10.4. The third-order valence-electron chi connectivity index (χ3n) is 3.51. The fraction of sp³-hybridized carbons (Fsp3) is 0.611. The molecule has 28 heavy (non-hydrogen) atoms. The van der Waals surface area contributed by atoms with E-state index in [4.69, 9.17) is 14.2 Å². The standard InChI is InChI=1S/C18H26Br2N2O6/c1-7-26-15(23)11-10(22(6)14(20)12(11)19)9-21-13(16(24)27-8-2)17(25)28-18(3,4)5/h13,21H,7-9H2,1-6H3. The Bertz CT molecular complexity index is 739. The van der Waals surface area contributed by atoms with E-state index >= 15 is 0 Å². The van der Waals surface area contributed by atoms with Crippen LogP contribution in [0.3, 0.4) is 0 Å². The monoisotopic (exact) mass is 524 g/mol. The number of carbonyl (C=O) groups excluding carboxylic acids is 3. The maximum absolute atomic E-state index is 12.5. The Kier molecular flexibility index (Phi) is 9.16. The molecule has 0 spiro atoms. The SMILES string of the molecule is CCOC(=O)c1c(Br)c(Br)n(C)c1CNC(C(=O)OCC)C(=O)OC(C)(C)C. The molecule has 10 heteroatoms. The predicted molar refractivity (Wildman–Crippen MR) is 110 cm³/mol. The fourth-order valence-corrected chi connectivity index (χ4v) is 3.40. The van der Waals surface area contributed by atoms with Gasteiger partial charge in [0, 0.05) is 19.3 Å². The third-order valence-corrected chi connectivity index (χ3v) is 5.74. The second-order valence-corrected chi connectivity index (χ2v) is 8.35. The molecule has 1 unspecified atom stereocenters. The molecule has 1 N–H and O–H groups in total. The van der Waals surface area contributed by atoms with Gasteiger partial charge < -0.3 is 18.8 Å². The minimum absolute atomic E-state index is 0.0254. The van der Waals surface area contributed by atoms with Crippen LogP contribution in [0.4, 0.5) is 0 Å². The van der Waals surface area contributed by atoms with Gasteiger partial charge in [0.2, 0.25) is 6.04 Å². The molecule has 0 saturated carbocycles. The van der Waals surface area contributed by atoms with Gasteiger partial charge in [0.05, 0.1) is 27.9 Å². The average Bonchev–Trinajstić information content (AvgIpc) is 2.78. The highest BCUT2D eigenvalue weighted by Crippen LogP contribution is 2.32. The molecule has 1 heterocycles. The van der Waals surface area contributed by atoms with Crippen molar-refractivity contribution in [1.29, 1.82) is 0 Å². The lowest BCUT2D eigenvalue weighted by Gasteiger charge is -2.23. The van der Waals surface area contributed by atoms with Gasteiger partial charge in [-0.3, -0.25) is 5.32 Å². The second-order valence-electron chi connectivity index (χ2n) is 6.81. The Balaban J connectivity index is 3.16. The molecule has 1 aromatic rings. The lowest BCUT2D eigenvalue weighted by molar-refractivity contribution is -0.165. The van der Waals surface area contributed by atoms with Crippen LogP contribution in [-0.2, 0) is 37.4 Å². The van der Waals surface area contributed by atoms with Crippen LogP contribution in [-0.4, -0.2) is 47.3 Å². The zero-order valence-corrected chi connectivity index (χ0v) is 20.0. The molecule has 0 aliphatic rings. The molecule has 0 aliphatic heterocycles. The summed E-state index contributed by atoms with van der Waals surface area (Å²) in [5, 5.41) is 2.84. The van der Waals surface area contributed by atoms with Crippen molar-refractivity contribution in [2.45, 2.75) is 52.8 Å². The number of rotatable bonds is 8. The Morgan fingerprint density at radius 3 is 2.14 bits per heavy atom. The number of aromatic nitrogens is 1. The van der Waals surface area contributed by atoms with E-state index in [1.54, 1.807) is 46.2 Å². The minimum Gasteiger partial charge on any atom is -0.464 e. The number of halogens is 2. The Labute approximate surface area is 181 Å². The zero-order valence-electron chi connectivity index (χ0n) is 16.9. The zero-order chi connectivity index (χ0) is 21.6. The van der Waals surface area contributed by atoms with Gasteiger partial charge in [-0.05, 0) is 66.5 Å². The predicted octanol–water partition coefficient (Wildman–Crippen LogP) is 3.09. The van der Waals surface area contributed by atoms with Gasteiger partial charge in [-0.1, -0.05) is 0 Å². The lowest BCUT2D eigenvalue weighted by atomic mass is 10.2. The summed E-state index contributed by atoms with van der Waals surface area (Å²) in [6.07, 6.45) is 0. The summed E-state index contributed by atoms with van der Waals surface area (Å²) in [6, 6.07) is -1.33. The first-order valence-electron chi connectivity index (χ1n) is 8.77. The number of hydrogen-bond donors (Lipinski definition) is 1. The number of nitrogens with zero attached hydrogens (tertiary/aromatic N) is 1. The van der Waals surface area contributed by atoms with E-state index in [0.717, 1.165) is 0 Å². The molecule has 1 atom stereocenters. The lowest BCUT2D eigenvalue weighted by Crippen LogP contribution is -2.47. The summed E-state index contributed by atoms with van der Waals surface area (Å²) in [5.74, 6) is -2.02. The summed E-state index contributed by atoms with van der Waals surface area (Å²) in [6.45, 7) is 8.84. The molecule has 158 valence electrons. The van der Waals surface area contributed by atoms with Crippen LogP contribution in [0.15, 0.2) is 9.08 Å². The van der Waals surface area contributed by atoms with Crippen molar-refractivity contribution in [1.82, 2.24) is 9.88 Å². The first-order chi connectivity index (χ1) is 12.9. The van der Waals surface area contributed by atoms with Crippen molar-refractivity contribution in [2.75, 3.05) is 13.2 Å². The van der Waals surface area contributed by atoms with Gasteiger partial charge in [-0.2, -0.15) is 0 Å². The van der Waals surface area contributed by atoms with E-state index in [9.17, 15) is 14.4 Å². The van der Waals surface area contributed by atoms with Crippen LogP contribution >= 0.6 is 31.9 Å². The molecule has 0 fully saturated rings. The topological polar surface area (TPSA) is 95.9 Å².